The molecule has 64 valence electrons. The zero-order chi connectivity index (χ0) is 8.27. The van der Waals surface area contributed by atoms with E-state index in [1.807, 2.05) is 0 Å². The minimum absolute atomic E-state index is 0.158. The number of carbonyl (C=O) groups is 1. The molecule has 0 aromatic heterocycles. The van der Waals surface area contributed by atoms with E-state index in [4.69, 9.17) is 5.73 Å². The van der Waals surface area contributed by atoms with Crippen LogP contribution in [0.2, 0.25) is 0 Å². The normalized spacial score (nSPS) is 31.6. The van der Waals surface area contributed by atoms with Crippen molar-refractivity contribution < 1.29 is 4.79 Å². The van der Waals surface area contributed by atoms with Gasteiger partial charge in [-0.1, -0.05) is 13.3 Å². The van der Waals surface area contributed by atoms with Crippen LogP contribution in [0.25, 0.3) is 0 Å². The minimum Gasteiger partial charge on any atom is -0.352 e. The Balaban J connectivity index is 2.40. The van der Waals surface area contributed by atoms with Gasteiger partial charge in [-0.15, -0.1) is 0 Å². The van der Waals surface area contributed by atoms with Crippen LogP contribution in [0.15, 0.2) is 0 Å². The zero-order valence-electron chi connectivity index (χ0n) is 6.97. The summed E-state index contributed by atoms with van der Waals surface area (Å²) in [6, 6.07) is 0.397. The van der Waals surface area contributed by atoms with Crippen LogP contribution in [0.1, 0.15) is 32.6 Å². The van der Waals surface area contributed by atoms with E-state index in [0.29, 0.717) is 6.42 Å². The molecule has 1 aliphatic rings. The van der Waals surface area contributed by atoms with Crippen LogP contribution in [-0.2, 0) is 4.79 Å². The van der Waals surface area contributed by atoms with Crippen molar-refractivity contribution in [3.05, 3.63) is 0 Å². The Labute approximate surface area is 67.3 Å². The molecule has 11 heavy (non-hydrogen) atoms. The van der Waals surface area contributed by atoms with E-state index < -0.39 is 0 Å². The number of nitrogens with one attached hydrogen (secondary N) is 1. The van der Waals surface area contributed by atoms with E-state index in [2.05, 4.69) is 12.2 Å². The van der Waals surface area contributed by atoms with Gasteiger partial charge >= 0.3 is 0 Å². The molecule has 3 heteroatoms. The van der Waals surface area contributed by atoms with Crippen LogP contribution < -0.4 is 11.1 Å². The maximum absolute atomic E-state index is 10.9. The van der Waals surface area contributed by atoms with Gasteiger partial charge in [0.25, 0.3) is 0 Å². The third-order valence-electron chi connectivity index (χ3n) is 2.17. The SMILES string of the molecule is CCC[C@H]1NC(=O)CC[C@H]1N. The maximum Gasteiger partial charge on any atom is 0.220 e. The molecule has 0 aromatic rings. The van der Waals surface area contributed by atoms with Gasteiger partial charge in [-0.3, -0.25) is 4.79 Å². The van der Waals surface area contributed by atoms with Gasteiger partial charge in [-0.25, -0.2) is 0 Å². The van der Waals surface area contributed by atoms with Crippen molar-refractivity contribution >= 4 is 5.91 Å². The molecule has 3 N–H and O–H groups in total. The summed E-state index contributed by atoms with van der Waals surface area (Å²) in [6.07, 6.45) is 3.53. The number of hydrogen-bond acceptors (Lipinski definition) is 2. The first-order chi connectivity index (χ1) is 5.24. The lowest BCUT2D eigenvalue weighted by atomic mass is 9.95. The van der Waals surface area contributed by atoms with E-state index in [9.17, 15) is 4.79 Å². The van der Waals surface area contributed by atoms with Gasteiger partial charge in [0.05, 0.1) is 0 Å². The Kier molecular flexibility index (Phi) is 2.88. The number of carbonyl (C=O) groups excluding carboxylic acids is 1. The van der Waals surface area contributed by atoms with Gasteiger partial charge in [0, 0.05) is 18.5 Å². The van der Waals surface area contributed by atoms with Crippen molar-refractivity contribution in [3.63, 3.8) is 0 Å². The first-order valence-corrected chi connectivity index (χ1v) is 4.29. The number of rotatable bonds is 2. The van der Waals surface area contributed by atoms with Gasteiger partial charge in [0.2, 0.25) is 5.91 Å². The largest absolute Gasteiger partial charge is 0.352 e. The number of hydrogen-bond donors (Lipinski definition) is 2. The Bertz CT molecular complexity index is 147. The quantitative estimate of drug-likeness (QED) is 0.607. The standard InChI is InChI=1S/C8H16N2O/c1-2-3-7-6(9)4-5-8(11)10-7/h6-7H,2-5,9H2,1H3,(H,10,11)/t6-,7-/m1/s1. The van der Waals surface area contributed by atoms with Crippen molar-refractivity contribution in [2.24, 2.45) is 5.73 Å². The van der Waals surface area contributed by atoms with Gasteiger partial charge in [-0.05, 0) is 12.8 Å². The topological polar surface area (TPSA) is 55.1 Å². The molecule has 3 nitrogen and oxygen atoms in total. The van der Waals surface area contributed by atoms with E-state index in [1.54, 1.807) is 0 Å². The van der Waals surface area contributed by atoms with Crippen molar-refractivity contribution in [1.29, 1.82) is 0 Å². The van der Waals surface area contributed by atoms with Crippen molar-refractivity contribution in [3.8, 4) is 0 Å². The molecule has 0 spiro atoms. The predicted octanol–water partition coefficient (Wildman–Crippen LogP) is 0.392. The molecule has 0 aromatic carbocycles. The Morgan fingerprint density at radius 2 is 2.45 bits per heavy atom. The number of nitrogens with two attached hydrogens (primary N) is 1. The Hall–Kier alpha value is -0.570. The van der Waals surface area contributed by atoms with E-state index in [-0.39, 0.29) is 18.0 Å². The van der Waals surface area contributed by atoms with Crippen molar-refractivity contribution in [2.45, 2.75) is 44.7 Å². The summed E-state index contributed by atoms with van der Waals surface area (Å²) >= 11 is 0. The second-order valence-corrected chi connectivity index (χ2v) is 3.17. The van der Waals surface area contributed by atoms with Crippen LogP contribution in [0, 0.1) is 0 Å². The maximum atomic E-state index is 10.9. The monoisotopic (exact) mass is 156 g/mol. The summed E-state index contributed by atoms with van der Waals surface area (Å²) in [6.45, 7) is 2.10. The van der Waals surface area contributed by atoms with Crippen LogP contribution in [0.3, 0.4) is 0 Å². The summed E-state index contributed by atoms with van der Waals surface area (Å²) in [7, 11) is 0. The lowest BCUT2D eigenvalue weighted by molar-refractivity contribution is -0.123. The highest BCUT2D eigenvalue weighted by Crippen LogP contribution is 2.11. The predicted molar refractivity (Wildman–Crippen MR) is 44.0 cm³/mol. The van der Waals surface area contributed by atoms with E-state index in [1.165, 1.54) is 0 Å². The van der Waals surface area contributed by atoms with Crippen molar-refractivity contribution in [2.75, 3.05) is 0 Å². The first kappa shape index (κ1) is 8.53. The lowest BCUT2D eigenvalue weighted by Crippen LogP contribution is -2.51. The molecule has 0 aliphatic carbocycles. The Morgan fingerprint density at radius 3 is 3.09 bits per heavy atom. The van der Waals surface area contributed by atoms with Gasteiger partial charge in [-0.2, -0.15) is 0 Å². The van der Waals surface area contributed by atoms with Crippen LogP contribution in [0.5, 0.6) is 0 Å². The molecule has 1 rings (SSSR count). The summed E-state index contributed by atoms with van der Waals surface area (Å²) in [5.74, 6) is 0.158. The molecule has 0 radical (unpaired) electrons. The van der Waals surface area contributed by atoms with Crippen molar-refractivity contribution in [1.82, 2.24) is 5.32 Å². The second-order valence-electron chi connectivity index (χ2n) is 3.17. The Morgan fingerprint density at radius 1 is 1.73 bits per heavy atom. The molecule has 0 bridgehead atoms. The molecule has 1 heterocycles. The van der Waals surface area contributed by atoms with Crippen LogP contribution >= 0.6 is 0 Å². The van der Waals surface area contributed by atoms with Gasteiger partial charge in [0.15, 0.2) is 0 Å². The average Bonchev–Trinajstić information content (AvgIpc) is 1.98. The highest BCUT2D eigenvalue weighted by molar-refractivity contribution is 5.77. The number of piperidine rings is 1. The third-order valence-corrected chi connectivity index (χ3v) is 2.17. The molecule has 1 fully saturated rings. The summed E-state index contributed by atoms with van der Waals surface area (Å²) < 4.78 is 0. The fourth-order valence-electron chi connectivity index (χ4n) is 1.48. The molecule has 0 unspecified atom stereocenters. The molecule has 2 atom stereocenters. The first-order valence-electron chi connectivity index (χ1n) is 4.29. The average molecular weight is 156 g/mol. The fourth-order valence-corrected chi connectivity index (χ4v) is 1.48. The lowest BCUT2D eigenvalue weighted by Gasteiger charge is -2.29. The van der Waals surface area contributed by atoms with Crippen LogP contribution in [0.4, 0.5) is 0 Å². The molecule has 1 aliphatic heterocycles. The fraction of sp³-hybridized carbons (Fsp3) is 0.875. The van der Waals surface area contributed by atoms with Gasteiger partial charge < -0.3 is 11.1 Å². The van der Waals surface area contributed by atoms with E-state index >= 15 is 0 Å². The summed E-state index contributed by atoms with van der Waals surface area (Å²) in [5, 5.41) is 2.90. The summed E-state index contributed by atoms with van der Waals surface area (Å²) in [4.78, 5) is 10.9. The summed E-state index contributed by atoms with van der Waals surface area (Å²) in [5.41, 5.74) is 5.81. The number of amides is 1. The minimum atomic E-state index is 0.158. The molecular weight excluding hydrogens is 140 g/mol. The highest BCUT2D eigenvalue weighted by Gasteiger charge is 2.24. The second kappa shape index (κ2) is 3.72. The van der Waals surface area contributed by atoms with Gasteiger partial charge in [0.1, 0.15) is 0 Å². The molecule has 1 amide bonds. The third kappa shape index (κ3) is 2.19. The van der Waals surface area contributed by atoms with Crippen LogP contribution in [-0.4, -0.2) is 18.0 Å². The highest BCUT2D eigenvalue weighted by atomic mass is 16.1. The zero-order valence-corrected chi connectivity index (χ0v) is 6.97. The molecule has 1 saturated heterocycles. The molecule has 0 saturated carbocycles. The van der Waals surface area contributed by atoms with E-state index in [0.717, 1.165) is 19.3 Å². The molecular formula is C8H16N2O. The smallest absolute Gasteiger partial charge is 0.220 e.